The van der Waals surface area contributed by atoms with E-state index in [1.165, 1.54) is 4.88 Å². The molecule has 0 fully saturated rings. The first-order chi connectivity index (χ1) is 17.9. The Labute approximate surface area is 221 Å². The number of benzene rings is 1. The molecule has 5 rings (SSSR count). The lowest BCUT2D eigenvalue weighted by Gasteiger charge is -2.12. The van der Waals surface area contributed by atoms with Gasteiger partial charge in [0.1, 0.15) is 5.69 Å². The van der Waals surface area contributed by atoms with E-state index in [0.29, 0.717) is 6.04 Å². The molecule has 0 saturated heterocycles. The van der Waals surface area contributed by atoms with Gasteiger partial charge in [-0.3, -0.25) is 10.1 Å². The smallest absolute Gasteiger partial charge is 0.116 e. The number of H-pyrrole nitrogens is 2. The van der Waals surface area contributed by atoms with E-state index < -0.39 is 0 Å². The van der Waals surface area contributed by atoms with E-state index in [9.17, 15) is 0 Å². The number of aromatic nitrogens is 4. The zero-order valence-corrected chi connectivity index (χ0v) is 22.5. The van der Waals surface area contributed by atoms with Crippen LogP contribution in [0.4, 0.5) is 0 Å². The van der Waals surface area contributed by atoms with Crippen LogP contribution in [-0.2, 0) is 0 Å². The molecule has 0 aliphatic rings. The van der Waals surface area contributed by atoms with E-state index in [2.05, 4.69) is 103 Å². The minimum Gasteiger partial charge on any atom is -0.383 e. The van der Waals surface area contributed by atoms with Crippen molar-refractivity contribution in [2.24, 2.45) is 0 Å². The van der Waals surface area contributed by atoms with E-state index in [0.717, 1.165) is 66.2 Å². The average molecular weight is 506 g/mol. The summed E-state index contributed by atoms with van der Waals surface area (Å²) in [5, 5.41) is 13.5. The molecule has 0 spiro atoms. The van der Waals surface area contributed by atoms with Gasteiger partial charge in [-0.1, -0.05) is 25.3 Å². The van der Waals surface area contributed by atoms with Crippen LogP contribution < -0.4 is 5.32 Å². The molecule has 4 aromatic heterocycles. The lowest BCUT2D eigenvalue weighted by atomic mass is 10.0. The van der Waals surface area contributed by atoms with Gasteiger partial charge >= 0.3 is 0 Å². The highest BCUT2D eigenvalue weighted by Crippen LogP contribution is 2.37. The van der Waals surface area contributed by atoms with Crippen LogP contribution in [0.2, 0.25) is 0 Å². The summed E-state index contributed by atoms with van der Waals surface area (Å²) in [4.78, 5) is 10.6. The second-order valence-corrected chi connectivity index (χ2v) is 10.5. The van der Waals surface area contributed by atoms with Crippen LogP contribution in [0.15, 0.2) is 85.7 Å². The molecule has 5 nitrogen and oxygen atoms in total. The minimum absolute atomic E-state index is 0.327. The molecular formula is C31H31N5S. The summed E-state index contributed by atoms with van der Waals surface area (Å²) < 4.78 is 0. The molecule has 0 saturated carbocycles. The van der Waals surface area contributed by atoms with Gasteiger partial charge in [-0.15, -0.1) is 11.3 Å². The number of thiophene rings is 1. The van der Waals surface area contributed by atoms with E-state index in [-0.39, 0.29) is 0 Å². The van der Waals surface area contributed by atoms with Gasteiger partial charge in [0.05, 0.1) is 21.8 Å². The molecule has 1 aromatic carbocycles. The predicted molar refractivity (Wildman–Crippen MR) is 159 cm³/mol. The Bertz CT molecular complexity index is 1690. The summed E-state index contributed by atoms with van der Waals surface area (Å²) in [6.07, 6.45) is 7.96. The maximum Gasteiger partial charge on any atom is 0.116 e. The number of fused-ring (bicyclic) bond motifs is 2. The molecule has 186 valence electrons. The second kappa shape index (κ2) is 10.1. The molecule has 0 aliphatic heterocycles. The maximum atomic E-state index is 4.72. The minimum atomic E-state index is 0.327. The van der Waals surface area contributed by atoms with Crippen molar-refractivity contribution in [3.8, 4) is 22.0 Å². The molecular weight excluding hydrogens is 474 g/mol. The monoisotopic (exact) mass is 505 g/mol. The zero-order chi connectivity index (χ0) is 26.1. The fraction of sp³-hybridized carbons (Fsp3) is 0.161. The van der Waals surface area contributed by atoms with Crippen LogP contribution in [-0.4, -0.2) is 26.2 Å². The number of allylic oxidation sites excluding steroid dienone is 5. The Hall–Kier alpha value is -4.16. The third-order valence-corrected chi connectivity index (χ3v) is 7.51. The number of rotatable bonds is 8. The summed E-state index contributed by atoms with van der Waals surface area (Å²) in [5.41, 5.74) is 9.12. The van der Waals surface area contributed by atoms with Crippen molar-refractivity contribution >= 4 is 44.3 Å². The van der Waals surface area contributed by atoms with Crippen molar-refractivity contribution in [1.29, 1.82) is 0 Å². The third kappa shape index (κ3) is 4.80. The van der Waals surface area contributed by atoms with Gasteiger partial charge in [0.25, 0.3) is 0 Å². The molecule has 4 heterocycles. The lowest BCUT2D eigenvalue weighted by molar-refractivity contribution is 0.682. The largest absolute Gasteiger partial charge is 0.383 e. The van der Waals surface area contributed by atoms with Gasteiger partial charge < -0.3 is 10.3 Å². The van der Waals surface area contributed by atoms with Crippen LogP contribution in [0, 0.1) is 0 Å². The number of nitrogens with one attached hydrogen (secondary N) is 3. The van der Waals surface area contributed by atoms with E-state index in [1.807, 2.05) is 25.3 Å². The normalized spacial score (nSPS) is 12.6. The summed E-state index contributed by atoms with van der Waals surface area (Å²) in [6, 6.07) is 15.1. The van der Waals surface area contributed by atoms with Gasteiger partial charge in [-0.25, -0.2) is 0 Å². The fourth-order valence-corrected chi connectivity index (χ4v) is 5.41. The fourth-order valence-electron chi connectivity index (χ4n) is 4.46. The molecule has 0 radical (unpaired) electrons. The first-order valence-corrected chi connectivity index (χ1v) is 13.2. The van der Waals surface area contributed by atoms with Crippen molar-refractivity contribution in [2.75, 3.05) is 0 Å². The van der Waals surface area contributed by atoms with Crippen molar-refractivity contribution < 1.29 is 0 Å². The Morgan fingerprint density at radius 3 is 2.57 bits per heavy atom. The molecule has 0 bridgehead atoms. The highest BCUT2D eigenvalue weighted by atomic mass is 32.1. The van der Waals surface area contributed by atoms with Crippen molar-refractivity contribution in [3.63, 3.8) is 0 Å². The first-order valence-electron chi connectivity index (χ1n) is 12.4. The summed E-state index contributed by atoms with van der Waals surface area (Å²) in [7, 11) is 0. The quantitative estimate of drug-likeness (QED) is 0.186. The molecule has 0 atom stereocenters. The molecule has 0 unspecified atom stereocenters. The number of hydrogen-bond acceptors (Lipinski definition) is 4. The van der Waals surface area contributed by atoms with Gasteiger partial charge in [-0.05, 0) is 93.0 Å². The molecule has 37 heavy (non-hydrogen) atoms. The Balaban J connectivity index is 1.58. The van der Waals surface area contributed by atoms with Gasteiger partial charge in [0.2, 0.25) is 0 Å². The van der Waals surface area contributed by atoms with Gasteiger partial charge in [0, 0.05) is 39.1 Å². The molecule has 5 aromatic rings. The van der Waals surface area contributed by atoms with E-state index >= 15 is 0 Å². The van der Waals surface area contributed by atoms with Crippen LogP contribution in [0.3, 0.4) is 0 Å². The average Bonchev–Trinajstić information content (AvgIpc) is 3.63. The van der Waals surface area contributed by atoms with Crippen LogP contribution in [0.5, 0.6) is 0 Å². The lowest BCUT2D eigenvalue weighted by Crippen LogP contribution is -2.20. The summed E-state index contributed by atoms with van der Waals surface area (Å²) >= 11 is 1.71. The van der Waals surface area contributed by atoms with Crippen LogP contribution >= 0.6 is 11.3 Å². The summed E-state index contributed by atoms with van der Waals surface area (Å²) in [6.45, 7) is 16.4. The van der Waals surface area contributed by atoms with Gasteiger partial charge in [-0.2, -0.15) is 5.10 Å². The van der Waals surface area contributed by atoms with Crippen molar-refractivity contribution in [3.05, 3.63) is 96.2 Å². The SMILES string of the molecule is C=C/C(=C\C(=C/C)c1ccc2[nH]nc(-c3cc4c(-c5ccc(C(=C)C)s5)nccc4[nH]3)c2c1)NC(C)C. The van der Waals surface area contributed by atoms with Crippen molar-refractivity contribution in [1.82, 2.24) is 25.5 Å². The number of aromatic amines is 2. The molecule has 3 N–H and O–H groups in total. The number of hydrogen-bond donors (Lipinski definition) is 3. The molecule has 0 amide bonds. The Morgan fingerprint density at radius 1 is 1.05 bits per heavy atom. The Kier molecular flexibility index (Phi) is 6.68. The van der Waals surface area contributed by atoms with Crippen LogP contribution in [0.1, 0.15) is 38.1 Å². The highest BCUT2D eigenvalue weighted by Gasteiger charge is 2.16. The second-order valence-electron chi connectivity index (χ2n) is 9.43. The number of pyridine rings is 1. The van der Waals surface area contributed by atoms with E-state index in [4.69, 9.17) is 4.98 Å². The first kappa shape index (κ1) is 24.5. The van der Waals surface area contributed by atoms with E-state index in [1.54, 1.807) is 11.3 Å². The predicted octanol–water partition coefficient (Wildman–Crippen LogP) is 8.34. The van der Waals surface area contributed by atoms with Crippen molar-refractivity contribution in [2.45, 2.75) is 33.7 Å². The highest BCUT2D eigenvalue weighted by molar-refractivity contribution is 7.16. The third-order valence-electron chi connectivity index (χ3n) is 6.26. The molecule has 0 aliphatic carbocycles. The molecule has 6 heteroatoms. The van der Waals surface area contributed by atoms with Gasteiger partial charge in [0.15, 0.2) is 0 Å². The summed E-state index contributed by atoms with van der Waals surface area (Å²) in [5.74, 6) is 0. The number of nitrogens with zero attached hydrogens (tertiary/aromatic N) is 2. The standard InChI is InChI=1S/C31H31N5S/c1-7-20(15-22(8-2)33-19(5)6)21-9-10-26-23(16-21)30(36-35-26)27-17-24-25(34-27)13-14-32-31(24)29-12-11-28(37-29)18(3)4/h7-17,19,33-34H,2-3H2,1,4-6H3,(H,35,36)/b20-7+,22-15+. The zero-order valence-electron chi connectivity index (χ0n) is 21.6. The maximum absolute atomic E-state index is 4.72. The Morgan fingerprint density at radius 2 is 1.86 bits per heavy atom. The van der Waals surface area contributed by atoms with Crippen LogP contribution in [0.25, 0.3) is 54.9 Å². The topological polar surface area (TPSA) is 69.4 Å².